The van der Waals surface area contributed by atoms with Gasteiger partial charge in [-0.15, -0.1) is 0 Å². The second-order valence-electron chi connectivity index (χ2n) is 2.99. The number of rotatable bonds is 6. The van der Waals surface area contributed by atoms with Crippen molar-refractivity contribution in [2.45, 2.75) is 45.6 Å². The first-order valence-corrected chi connectivity index (χ1v) is 4.46. The predicted octanol–water partition coefficient (Wildman–Crippen LogP) is 1.51. The standard InChI is InChI=1S/C9H18N2O/c1-3-4-5-6-11-8(2)7-9(10)12/h6,8H,3-5,7H2,1-2H3,(H2,10,12). The number of unbranched alkanes of at least 4 members (excludes halogenated alkanes) is 2. The maximum Gasteiger partial charge on any atom is 0.219 e. The first kappa shape index (κ1) is 11.1. The van der Waals surface area contributed by atoms with E-state index < -0.39 is 0 Å². The number of carbonyl (C=O) groups is 1. The molecule has 0 spiro atoms. The largest absolute Gasteiger partial charge is 0.370 e. The minimum absolute atomic E-state index is 0.0411. The highest BCUT2D eigenvalue weighted by molar-refractivity contribution is 5.74. The average molecular weight is 170 g/mol. The van der Waals surface area contributed by atoms with Crippen LogP contribution in [-0.2, 0) is 4.79 Å². The van der Waals surface area contributed by atoms with Crippen LogP contribution in [-0.4, -0.2) is 18.2 Å². The third-order valence-corrected chi connectivity index (χ3v) is 1.54. The van der Waals surface area contributed by atoms with Crippen molar-refractivity contribution in [2.75, 3.05) is 0 Å². The van der Waals surface area contributed by atoms with E-state index in [0.29, 0.717) is 6.42 Å². The fraction of sp³-hybridized carbons (Fsp3) is 0.778. The Bertz CT molecular complexity index is 155. The lowest BCUT2D eigenvalue weighted by molar-refractivity contribution is -0.118. The Labute approximate surface area is 74.1 Å². The van der Waals surface area contributed by atoms with Crippen LogP contribution in [0.25, 0.3) is 0 Å². The fourth-order valence-electron chi connectivity index (χ4n) is 0.894. The van der Waals surface area contributed by atoms with Crippen LogP contribution in [0.4, 0.5) is 0 Å². The van der Waals surface area contributed by atoms with Crippen molar-refractivity contribution in [1.29, 1.82) is 0 Å². The summed E-state index contributed by atoms with van der Waals surface area (Å²) in [5, 5.41) is 0. The van der Waals surface area contributed by atoms with Gasteiger partial charge >= 0.3 is 0 Å². The van der Waals surface area contributed by atoms with Crippen molar-refractivity contribution < 1.29 is 4.79 Å². The molecule has 0 saturated heterocycles. The summed E-state index contributed by atoms with van der Waals surface area (Å²) in [6, 6.07) is 0.0411. The van der Waals surface area contributed by atoms with Crippen LogP contribution in [0.5, 0.6) is 0 Å². The molecule has 2 N–H and O–H groups in total. The monoisotopic (exact) mass is 170 g/mol. The molecule has 0 radical (unpaired) electrons. The molecular weight excluding hydrogens is 152 g/mol. The van der Waals surface area contributed by atoms with Crippen molar-refractivity contribution in [3.8, 4) is 0 Å². The van der Waals surface area contributed by atoms with E-state index in [0.717, 1.165) is 12.8 Å². The summed E-state index contributed by atoms with van der Waals surface area (Å²) in [4.78, 5) is 14.6. The lowest BCUT2D eigenvalue weighted by Gasteiger charge is -2.00. The molecule has 0 aliphatic carbocycles. The Balaban J connectivity index is 3.46. The molecule has 0 aliphatic rings. The molecule has 0 aliphatic heterocycles. The van der Waals surface area contributed by atoms with E-state index in [9.17, 15) is 4.79 Å². The van der Waals surface area contributed by atoms with E-state index in [1.165, 1.54) is 6.42 Å². The Morgan fingerprint density at radius 2 is 2.33 bits per heavy atom. The normalized spacial score (nSPS) is 13.5. The minimum Gasteiger partial charge on any atom is -0.370 e. The van der Waals surface area contributed by atoms with Gasteiger partial charge in [0.05, 0.1) is 6.04 Å². The number of nitrogens with zero attached hydrogens (tertiary/aromatic N) is 1. The molecule has 3 heteroatoms. The van der Waals surface area contributed by atoms with Crippen LogP contribution < -0.4 is 5.73 Å². The van der Waals surface area contributed by atoms with Crippen LogP contribution in [0.15, 0.2) is 4.99 Å². The zero-order valence-electron chi connectivity index (χ0n) is 7.92. The van der Waals surface area contributed by atoms with E-state index in [4.69, 9.17) is 5.73 Å². The highest BCUT2D eigenvalue weighted by Crippen LogP contribution is 1.96. The van der Waals surface area contributed by atoms with Gasteiger partial charge in [0.2, 0.25) is 5.91 Å². The quantitative estimate of drug-likeness (QED) is 0.477. The molecule has 0 aromatic carbocycles. The molecular formula is C9H18N2O. The van der Waals surface area contributed by atoms with Gasteiger partial charge in [-0.3, -0.25) is 9.79 Å². The summed E-state index contributed by atoms with van der Waals surface area (Å²) in [7, 11) is 0. The van der Waals surface area contributed by atoms with E-state index in [1.54, 1.807) is 0 Å². The van der Waals surface area contributed by atoms with E-state index >= 15 is 0 Å². The first-order chi connectivity index (χ1) is 5.66. The predicted molar refractivity (Wildman–Crippen MR) is 51.3 cm³/mol. The van der Waals surface area contributed by atoms with Crippen LogP contribution in [0.1, 0.15) is 39.5 Å². The Kier molecular flexibility index (Phi) is 6.34. The van der Waals surface area contributed by atoms with Gasteiger partial charge in [-0.2, -0.15) is 0 Å². The van der Waals surface area contributed by atoms with Crippen LogP contribution in [0.3, 0.4) is 0 Å². The molecule has 0 rings (SSSR count). The number of nitrogens with two attached hydrogens (primary N) is 1. The lowest BCUT2D eigenvalue weighted by atomic mass is 10.2. The van der Waals surface area contributed by atoms with Crippen molar-refractivity contribution in [3.63, 3.8) is 0 Å². The highest BCUT2D eigenvalue weighted by Gasteiger charge is 2.01. The Morgan fingerprint density at radius 3 is 2.83 bits per heavy atom. The summed E-state index contributed by atoms with van der Waals surface area (Å²) >= 11 is 0. The number of hydrogen-bond donors (Lipinski definition) is 1. The van der Waals surface area contributed by atoms with Gasteiger partial charge in [-0.25, -0.2) is 0 Å². The molecule has 0 aromatic heterocycles. The van der Waals surface area contributed by atoms with Gasteiger partial charge in [-0.1, -0.05) is 13.3 Å². The molecule has 70 valence electrons. The number of primary amides is 1. The molecule has 1 amide bonds. The number of aliphatic imine (C=N–C) groups is 1. The maximum absolute atomic E-state index is 10.4. The highest BCUT2D eigenvalue weighted by atomic mass is 16.1. The van der Waals surface area contributed by atoms with Crippen LogP contribution >= 0.6 is 0 Å². The minimum atomic E-state index is -0.282. The van der Waals surface area contributed by atoms with Gasteiger partial charge in [0.25, 0.3) is 0 Å². The summed E-state index contributed by atoms with van der Waals surface area (Å²) in [6.45, 7) is 4.04. The SMILES string of the molecule is CCCCC=NC(C)CC(N)=O. The zero-order valence-corrected chi connectivity index (χ0v) is 7.92. The molecule has 1 atom stereocenters. The van der Waals surface area contributed by atoms with E-state index in [-0.39, 0.29) is 11.9 Å². The Hall–Kier alpha value is -0.860. The lowest BCUT2D eigenvalue weighted by Crippen LogP contribution is -2.16. The van der Waals surface area contributed by atoms with Crippen molar-refractivity contribution >= 4 is 12.1 Å². The molecule has 0 heterocycles. The molecule has 12 heavy (non-hydrogen) atoms. The molecule has 3 nitrogen and oxygen atoms in total. The topological polar surface area (TPSA) is 55.4 Å². The molecule has 0 saturated carbocycles. The van der Waals surface area contributed by atoms with Crippen molar-refractivity contribution in [1.82, 2.24) is 0 Å². The average Bonchev–Trinajstić information content (AvgIpc) is 1.97. The van der Waals surface area contributed by atoms with Gasteiger partial charge < -0.3 is 5.73 Å². The summed E-state index contributed by atoms with van der Waals surface area (Å²) in [6.07, 6.45) is 5.57. The first-order valence-electron chi connectivity index (χ1n) is 4.46. The third-order valence-electron chi connectivity index (χ3n) is 1.54. The van der Waals surface area contributed by atoms with E-state index in [2.05, 4.69) is 11.9 Å². The van der Waals surface area contributed by atoms with Gasteiger partial charge in [-0.05, 0) is 26.0 Å². The third kappa shape index (κ3) is 7.25. The maximum atomic E-state index is 10.4. The second kappa shape index (κ2) is 6.83. The van der Waals surface area contributed by atoms with E-state index in [1.807, 2.05) is 13.1 Å². The van der Waals surface area contributed by atoms with Gasteiger partial charge in [0.15, 0.2) is 0 Å². The van der Waals surface area contributed by atoms with Crippen LogP contribution in [0.2, 0.25) is 0 Å². The van der Waals surface area contributed by atoms with Crippen molar-refractivity contribution in [2.24, 2.45) is 10.7 Å². The fourth-order valence-corrected chi connectivity index (χ4v) is 0.894. The smallest absolute Gasteiger partial charge is 0.219 e. The molecule has 0 aromatic rings. The molecule has 0 fully saturated rings. The number of carbonyl (C=O) groups excluding carboxylic acids is 1. The van der Waals surface area contributed by atoms with Crippen molar-refractivity contribution in [3.05, 3.63) is 0 Å². The molecule has 0 bridgehead atoms. The van der Waals surface area contributed by atoms with Gasteiger partial charge in [0, 0.05) is 6.42 Å². The van der Waals surface area contributed by atoms with Gasteiger partial charge in [0.1, 0.15) is 0 Å². The number of amides is 1. The number of hydrogen-bond acceptors (Lipinski definition) is 2. The summed E-state index contributed by atoms with van der Waals surface area (Å²) < 4.78 is 0. The Morgan fingerprint density at radius 1 is 1.67 bits per heavy atom. The summed E-state index contributed by atoms with van der Waals surface area (Å²) in [5.41, 5.74) is 5.01. The zero-order chi connectivity index (χ0) is 9.40. The summed E-state index contributed by atoms with van der Waals surface area (Å²) in [5.74, 6) is -0.282. The molecule has 1 unspecified atom stereocenters. The van der Waals surface area contributed by atoms with Crippen LogP contribution in [0, 0.1) is 0 Å². The second-order valence-corrected chi connectivity index (χ2v) is 2.99.